The zero-order chi connectivity index (χ0) is 35.8. The molecule has 1 aromatic rings. The van der Waals surface area contributed by atoms with Gasteiger partial charge in [-0.25, -0.2) is 4.79 Å². The minimum Gasteiger partial charge on any atom is -0.460 e. The standard InChI is InChI=1S/C36H57N5O7/c1-8-9-10-12-15-24(6)29-20-30(42)37-21-31(43)41-32(23(4)5)35(46)39-27(18-22(2)3)34(45)38-25(7)33(44)40-28(36(47)48-29)19-26-16-13-11-14-17-26/h11,13-14,16-17,22-25,27-29,32H,8-10,12,15,18-21H2,1-7H3,(H,37,42)(H,38,45)(H,39,46)(H,40,44)(H,41,43)/t24-,25+,27+,28?,29+,32?/m1/s1. The van der Waals surface area contributed by atoms with Gasteiger partial charge in [-0.1, -0.05) is 97.6 Å². The third kappa shape index (κ3) is 14.0. The van der Waals surface area contributed by atoms with E-state index in [2.05, 4.69) is 33.5 Å². The number of ether oxygens (including phenoxy) is 1. The number of unbranched alkanes of at least 4 members (excludes halogenated alkanes) is 3. The van der Waals surface area contributed by atoms with Gasteiger partial charge in [0.2, 0.25) is 29.5 Å². The summed E-state index contributed by atoms with van der Waals surface area (Å²) in [5, 5.41) is 13.4. The fourth-order valence-electron chi connectivity index (χ4n) is 5.55. The molecule has 12 heteroatoms. The number of benzene rings is 1. The lowest BCUT2D eigenvalue weighted by molar-refractivity contribution is -0.157. The second-order valence-electron chi connectivity index (χ2n) is 13.7. The van der Waals surface area contributed by atoms with Crippen LogP contribution in [0.4, 0.5) is 0 Å². The van der Waals surface area contributed by atoms with Crippen LogP contribution in [0.2, 0.25) is 0 Å². The van der Waals surface area contributed by atoms with Crippen molar-refractivity contribution in [3.63, 3.8) is 0 Å². The Kier molecular flexibility index (Phi) is 17.1. The van der Waals surface area contributed by atoms with Crippen LogP contribution < -0.4 is 26.6 Å². The summed E-state index contributed by atoms with van der Waals surface area (Å²) in [5.74, 6) is -4.00. The van der Waals surface area contributed by atoms with Crippen molar-refractivity contribution in [3.8, 4) is 0 Å². The number of esters is 1. The maximum absolute atomic E-state index is 13.8. The van der Waals surface area contributed by atoms with Crippen molar-refractivity contribution in [2.45, 2.75) is 130 Å². The third-order valence-corrected chi connectivity index (χ3v) is 8.49. The first-order valence-electron chi connectivity index (χ1n) is 17.4. The van der Waals surface area contributed by atoms with Crippen LogP contribution in [0.3, 0.4) is 0 Å². The van der Waals surface area contributed by atoms with Crippen LogP contribution in [0.1, 0.15) is 99.0 Å². The average molecular weight is 672 g/mol. The number of rotatable bonds is 11. The number of hydrogen-bond donors (Lipinski definition) is 5. The molecule has 0 bridgehead atoms. The Morgan fingerprint density at radius 3 is 2.06 bits per heavy atom. The highest BCUT2D eigenvalue weighted by Gasteiger charge is 2.34. The molecule has 2 rings (SSSR count). The Hall–Kier alpha value is -3.96. The SMILES string of the molecule is CCCCCC[C@@H](C)[C@@H]1CC(=O)NCC(=O)NC(C(C)C)C(=O)N[C@@H](CC(C)C)C(=O)N[C@@H](C)C(=O)NC(Cc2ccccc2)C(=O)O1. The highest BCUT2D eigenvalue weighted by molar-refractivity contribution is 5.95. The van der Waals surface area contributed by atoms with Crippen molar-refractivity contribution in [1.82, 2.24) is 26.6 Å². The molecule has 6 atom stereocenters. The van der Waals surface area contributed by atoms with Crippen LogP contribution in [-0.4, -0.2) is 72.3 Å². The Morgan fingerprint density at radius 1 is 0.771 bits per heavy atom. The summed E-state index contributed by atoms with van der Waals surface area (Å²) < 4.78 is 5.99. The second kappa shape index (κ2) is 20.4. The zero-order valence-corrected chi connectivity index (χ0v) is 29.7. The van der Waals surface area contributed by atoms with E-state index in [4.69, 9.17) is 4.74 Å². The summed E-state index contributed by atoms with van der Waals surface area (Å²) in [6, 6.07) is 5.01. The molecule has 1 heterocycles. The number of carbonyl (C=O) groups excluding carboxylic acids is 6. The van der Waals surface area contributed by atoms with Crippen LogP contribution in [-0.2, 0) is 39.9 Å². The largest absolute Gasteiger partial charge is 0.460 e. The summed E-state index contributed by atoms with van der Waals surface area (Å²) in [6.07, 6.45) is 4.15. The van der Waals surface area contributed by atoms with Gasteiger partial charge in [0.25, 0.3) is 0 Å². The van der Waals surface area contributed by atoms with E-state index >= 15 is 0 Å². The molecule has 2 unspecified atom stereocenters. The van der Waals surface area contributed by atoms with Gasteiger partial charge in [-0.2, -0.15) is 0 Å². The van der Waals surface area contributed by atoms with E-state index < -0.39 is 65.8 Å². The monoisotopic (exact) mass is 671 g/mol. The van der Waals surface area contributed by atoms with Crippen LogP contribution >= 0.6 is 0 Å². The lowest BCUT2D eigenvalue weighted by Crippen LogP contribution is -2.58. The number of nitrogens with one attached hydrogen (secondary N) is 5. The van der Waals surface area contributed by atoms with Crippen LogP contribution in [0, 0.1) is 17.8 Å². The van der Waals surface area contributed by atoms with E-state index in [0.29, 0.717) is 6.42 Å². The molecule has 48 heavy (non-hydrogen) atoms. The third-order valence-electron chi connectivity index (χ3n) is 8.49. The van der Waals surface area contributed by atoms with Crippen molar-refractivity contribution >= 4 is 35.5 Å². The highest BCUT2D eigenvalue weighted by Crippen LogP contribution is 2.21. The van der Waals surface area contributed by atoms with Gasteiger partial charge in [0.15, 0.2) is 0 Å². The van der Waals surface area contributed by atoms with Crippen LogP contribution in [0.5, 0.6) is 0 Å². The molecule has 0 spiro atoms. The van der Waals surface area contributed by atoms with Gasteiger partial charge in [-0.15, -0.1) is 0 Å². The predicted octanol–water partition coefficient (Wildman–Crippen LogP) is 2.93. The minimum absolute atomic E-state index is 0.0149. The first-order chi connectivity index (χ1) is 22.7. The van der Waals surface area contributed by atoms with Gasteiger partial charge in [0, 0.05) is 6.42 Å². The van der Waals surface area contributed by atoms with E-state index in [9.17, 15) is 28.8 Å². The van der Waals surface area contributed by atoms with E-state index in [1.807, 2.05) is 51.1 Å². The topological polar surface area (TPSA) is 172 Å². The molecule has 0 aromatic heterocycles. The molecule has 1 fully saturated rings. The number of carbonyl (C=O) groups is 6. The fraction of sp³-hybridized carbons (Fsp3) is 0.667. The summed E-state index contributed by atoms with van der Waals surface area (Å²) in [6.45, 7) is 12.5. The number of amides is 5. The first kappa shape index (κ1) is 40.2. The van der Waals surface area contributed by atoms with Crippen molar-refractivity contribution in [1.29, 1.82) is 0 Å². The highest BCUT2D eigenvalue weighted by atomic mass is 16.5. The lowest BCUT2D eigenvalue weighted by Gasteiger charge is -2.28. The maximum Gasteiger partial charge on any atom is 0.329 e. The molecule has 1 aromatic carbocycles. The zero-order valence-electron chi connectivity index (χ0n) is 29.7. The molecule has 1 aliphatic rings. The van der Waals surface area contributed by atoms with Gasteiger partial charge in [0.1, 0.15) is 30.3 Å². The van der Waals surface area contributed by atoms with Crippen molar-refractivity contribution in [2.24, 2.45) is 17.8 Å². The van der Waals surface area contributed by atoms with Gasteiger partial charge in [-0.3, -0.25) is 24.0 Å². The molecular weight excluding hydrogens is 614 g/mol. The van der Waals surface area contributed by atoms with Gasteiger partial charge < -0.3 is 31.3 Å². The maximum atomic E-state index is 13.8. The first-order valence-corrected chi connectivity index (χ1v) is 17.4. The van der Waals surface area contributed by atoms with Gasteiger partial charge in [0.05, 0.1) is 13.0 Å². The smallest absolute Gasteiger partial charge is 0.329 e. The van der Waals surface area contributed by atoms with E-state index in [-0.39, 0.29) is 43.6 Å². The van der Waals surface area contributed by atoms with Crippen molar-refractivity contribution in [2.75, 3.05) is 6.54 Å². The number of cyclic esters (lactones) is 1. The van der Waals surface area contributed by atoms with E-state index in [1.165, 1.54) is 6.92 Å². The van der Waals surface area contributed by atoms with Crippen LogP contribution in [0.25, 0.3) is 0 Å². The molecule has 0 saturated carbocycles. The Morgan fingerprint density at radius 2 is 1.44 bits per heavy atom. The molecule has 268 valence electrons. The van der Waals surface area contributed by atoms with Gasteiger partial charge >= 0.3 is 5.97 Å². The quantitative estimate of drug-likeness (QED) is 0.178. The van der Waals surface area contributed by atoms with E-state index in [1.54, 1.807) is 13.8 Å². The lowest BCUT2D eigenvalue weighted by atomic mass is 9.94. The molecular formula is C36H57N5O7. The predicted molar refractivity (Wildman–Crippen MR) is 183 cm³/mol. The second-order valence-corrected chi connectivity index (χ2v) is 13.7. The molecule has 1 saturated heterocycles. The van der Waals surface area contributed by atoms with E-state index in [0.717, 1.165) is 31.2 Å². The molecule has 0 aliphatic carbocycles. The summed E-state index contributed by atoms with van der Waals surface area (Å²) in [5.41, 5.74) is 0.780. The molecule has 0 radical (unpaired) electrons. The van der Waals surface area contributed by atoms with Crippen molar-refractivity contribution in [3.05, 3.63) is 35.9 Å². The normalized spacial score (nSPS) is 24.6. The molecule has 1 aliphatic heterocycles. The average Bonchev–Trinajstić information content (AvgIpc) is 3.03. The fourth-order valence-corrected chi connectivity index (χ4v) is 5.55. The summed E-state index contributed by atoms with van der Waals surface area (Å²) >= 11 is 0. The molecule has 5 N–H and O–H groups in total. The molecule has 12 nitrogen and oxygen atoms in total. The Bertz CT molecular complexity index is 1220. The Labute approximate surface area is 285 Å². The Balaban J connectivity index is 2.46. The van der Waals surface area contributed by atoms with Crippen LogP contribution in [0.15, 0.2) is 30.3 Å². The summed E-state index contributed by atoms with van der Waals surface area (Å²) in [4.78, 5) is 80.0. The summed E-state index contributed by atoms with van der Waals surface area (Å²) in [7, 11) is 0. The number of hydrogen-bond acceptors (Lipinski definition) is 7. The van der Waals surface area contributed by atoms with Gasteiger partial charge in [-0.05, 0) is 43.1 Å². The minimum atomic E-state index is -1.11. The molecule has 5 amide bonds. The van der Waals surface area contributed by atoms with Crippen molar-refractivity contribution < 1.29 is 33.5 Å².